The van der Waals surface area contributed by atoms with Gasteiger partial charge in [0.05, 0.1) is 17.8 Å². The SMILES string of the molecule is COc1cc(C)c(-c2csc(N)n2)cc1Cl. The molecule has 5 heteroatoms. The van der Waals surface area contributed by atoms with E-state index in [1.165, 1.54) is 11.3 Å². The number of aromatic nitrogens is 1. The second-order valence-corrected chi connectivity index (χ2v) is 4.67. The predicted octanol–water partition coefficient (Wildman–Crippen LogP) is 3.36. The summed E-state index contributed by atoms with van der Waals surface area (Å²) >= 11 is 7.49. The van der Waals surface area contributed by atoms with Crippen molar-refractivity contribution in [3.63, 3.8) is 0 Å². The van der Waals surface area contributed by atoms with E-state index in [-0.39, 0.29) is 0 Å². The van der Waals surface area contributed by atoms with Crippen LogP contribution in [0.3, 0.4) is 0 Å². The molecular formula is C11H11ClN2OS. The summed E-state index contributed by atoms with van der Waals surface area (Å²) in [6.07, 6.45) is 0. The Morgan fingerprint density at radius 1 is 1.44 bits per heavy atom. The Labute approximate surface area is 103 Å². The molecule has 1 heterocycles. The minimum atomic E-state index is 0.557. The molecule has 3 nitrogen and oxygen atoms in total. The third kappa shape index (κ3) is 1.99. The van der Waals surface area contributed by atoms with Crippen LogP contribution in [0.1, 0.15) is 5.56 Å². The predicted molar refractivity (Wildman–Crippen MR) is 68.3 cm³/mol. The maximum absolute atomic E-state index is 6.08. The number of thiazole rings is 1. The third-order valence-corrected chi connectivity index (χ3v) is 3.27. The summed E-state index contributed by atoms with van der Waals surface area (Å²) in [5, 5.41) is 3.05. The fraction of sp³-hybridized carbons (Fsp3) is 0.182. The molecule has 1 aromatic heterocycles. The third-order valence-electron chi connectivity index (χ3n) is 2.30. The summed E-state index contributed by atoms with van der Waals surface area (Å²) in [5.41, 5.74) is 8.51. The molecule has 0 bridgehead atoms. The Morgan fingerprint density at radius 2 is 2.19 bits per heavy atom. The first-order chi connectivity index (χ1) is 7.61. The van der Waals surface area contributed by atoms with Gasteiger partial charge in [-0.1, -0.05) is 11.6 Å². The van der Waals surface area contributed by atoms with Crippen molar-refractivity contribution in [3.05, 3.63) is 28.1 Å². The number of ether oxygens (including phenoxy) is 1. The summed E-state index contributed by atoms with van der Waals surface area (Å²) in [5.74, 6) is 0.672. The number of hydrogen-bond donors (Lipinski definition) is 1. The monoisotopic (exact) mass is 254 g/mol. The highest BCUT2D eigenvalue weighted by Gasteiger charge is 2.10. The van der Waals surface area contributed by atoms with Gasteiger partial charge in [-0.3, -0.25) is 0 Å². The highest BCUT2D eigenvalue weighted by Crippen LogP contribution is 2.34. The summed E-state index contributed by atoms with van der Waals surface area (Å²) in [7, 11) is 1.60. The average molecular weight is 255 g/mol. The quantitative estimate of drug-likeness (QED) is 0.894. The van der Waals surface area contributed by atoms with Crippen molar-refractivity contribution in [2.24, 2.45) is 0 Å². The lowest BCUT2D eigenvalue weighted by Gasteiger charge is -2.08. The first kappa shape index (κ1) is 11.2. The number of anilines is 1. The zero-order valence-corrected chi connectivity index (χ0v) is 10.5. The van der Waals surface area contributed by atoms with Crippen molar-refractivity contribution >= 4 is 28.1 Å². The zero-order chi connectivity index (χ0) is 11.7. The molecule has 2 N–H and O–H groups in total. The van der Waals surface area contributed by atoms with Gasteiger partial charge in [-0.05, 0) is 24.6 Å². The van der Waals surface area contributed by atoms with Gasteiger partial charge < -0.3 is 10.5 Å². The lowest BCUT2D eigenvalue weighted by molar-refractivity contribution is 0.415. The molecule has 0 radical (unpaired) electrons. The Hall–Kier alpha value is -1.26. The van der Waals surface area contributed by atoms with E-state index in [4.69, 9.17) is 22.1 Å². The second kappa shape index (κ2) is 4.31. The number of rotatable bonds is 2. The highest BCUT2D eigenvalue weighted by molar-refractivity contribution is 7.13. The molecule has 2 rings (SSSR count). The van der Waals surface area contributed by atoms with Crippen molar-refractivity contribution in [2.75, 3.05) is 12.8 Å². The molecule has 0 aliphatic carbocycles. The van der Waals surface area contributed by atoms with Crippen molar-refractivity contribution in [2.45, 2.75) is 6.92 Å². The number of methoxy groups -OCH3 is 1. The van der Waals surface area contributed by atoms with Crippen LogP contribution in [0.4, 0.5) is 5.13 Å². The van der Waals surface area contributed by atoms with Gasteiger partial charge in [0.2, 0.25) is 0 Å². The maximum atomic E-state index is 6.08. The fourth-order valence-electron chi connectivity index (χ4n) is 1.50. The molecule has 84 valence electrons. The van der Waals surface area contributed by atoms with Gasteiger partial charge in [-0.25, -0.2) is 4.98 Å². The van der Waals surface area contributed by atoms with Crippen LogP contribution in [0.5, 0.6) is 5.75 Å². The van der Waals surface area contributed by atoms with E-state index in [1.54, 1.807) is 7.11 Å². The number of nitrogens with zero attached hydrogens (tertiary/aromatic N) is 1. The van der Waals surface area contributed by atoms with Crippen LogP contribution in [0, 0.1) is 6.92 Å². The molecule has 0 unspecified atom stereocenters. The molecule has 0 saturated heterocycles. The first-order valence-corrected chi connectivity index (χ1v) is 5.93. The molecule has 0 spiro atoms. The smallest absolute Gasteiger partial charge is 0.180 e. The van der Waals surface area contributed by atoms with E-state index in [1.807, 2.05) is 24.4 Å². The lowest BCUT2D eigenvalue weighted by atomic mass is 10.1. The number of nitrogens with two attached hydrogens (primary N) is 1. The summed E-state index contributed by atoms with van der Waals surface area (Å²) in [4.78, 5) is 4.24. The van der Waals surface area contributed by atoms with Gasteiger partial charge in [0.15, 0.2) is 5.13 Å². The van der Waals surface area contributed by atoms with Crippen molar-refractivity contribution in [1.29, 1.82) is 0 Å². The number of hydrogen-bond acceptors (Lipinski definition) is 4. The average Bonchev–Trinajstić information content (AvgIpc) is 2.67. The molecule has 0 saturated carbocycles. The van der Waals surface area contributed by atoms with Gasteiger partial charge >= 0.3 is 0 Å². The van der Waals surface area contributed by atoms with Gasteiger partial charge in [-0.15, -0.1) is 11.3 Å². The summed E-state index contributed by atoms with van der Waals surface area (Å²) < 4.78 is 5.15. The van der Waals surface area contributed by atoms with Gasteiger partial charge in [-0.2, -0.15) is 0 Å². The number of nitrogen functional groups attached to an aromatic ring is 1. The fourth-order valence-corrected chi connectivity index (χ4v) is 2.30. The molecule has 2 aromatic rings. The normalized spacial score (nSPS) is 10.4. The highest BCUT2D eigenvalue weighted by atomic mass is 35.5. The molecule has 0 fully saturated rings. The van der Waals surface area contributed by atoms with E-state index in [9.17, 15) is 0 Å². The van der Waals surface area contributed by atoms with Crippen LogP contribution in [0.15, 0.2) is 17.5 Å². The van der Waals surface area contributed by atoms with Crippen LogP contribution >= 0.6 is 22.9 Å². The molecular weight excluding hydrogens is 244 g/mol. The standard InChI is InChI=1S/C11H11ClN2OS/c1-6-3-10(15-2)8(12)4-7(6)9-5-16-11(13)14-9/h3-5H,1-2H3,(H2,13,14). The topological polar surface area (TPSA) is 48.1 Å². The van der Waals surface area contributed by atoms with Crippen molar-refractivity contribution < 1.29 is 4.74 Å². The van der Waals surface area contributed by atoms with E-state index in [2.05, 4.69) is 4.98 Å². The number of halogens is 1. The van der Waals surface area contributed by atoms with Crippen LogP contribution in [-0.4, -0.2) is 12.1 Å². The van der Waals surface area contributed by atoms with E-state index in [0.29, 0.717) is 15.9 Å². The van der Waals surface area contributed by atoms with Crippen molar-refractivity contribution in [3.8, 4) is 17.0 Å². The van der Waals surface area contributed by atoms with Crippen molar-refractivity contribution in [1.82, 2.24) is 4.98 Å². The van der Waals surface area contributed by atoms with E-state index in [0.717, 1.165) is 16.8 Å². The van der Waals surface area contributed by atoms with E-state index < -0.39 is 0 Å². The Morgan fingerprint density at radius 3 is 2.75 bits per heavy atom. The molecule has 0 aliphatic rings. The molecule has 0 amide bonds. The molecule has 1 aromatic carbocycles. The number of benzene rings is 1. The van der Waals surface area contributed by atoms with Crippen LogP contribution in [0.2, 0.25) is 5.02 Å². The summed E-state index contributed by atoms with van der Waals surface area (Å²) in [6.45, 7) is 1.99. The molecule has 16 heavy (non-hydrogen) atoms. The Balaban J connectivity index is 2.54. The lowest BCUT2D eigenvalue weighted by Crippen LogP contribution is -1.90. The van der Waals surface area contributed by atoms with Gasteiger partial charge in [0.1, 0.15) is 5.75 Å². The maximum Gasteiger partial charge on any atom is 0.180 e. The van der Waals surface area contributed by atoms with E-state index >= 15 is 0 Å². The van der Waals surface area contributed by atoms with Crippen LogP contribution in [-0.2, 0) is 0 Å². The zero-order valence-electron chi connectivity index (χ0n) is 8.95. The molecule has 0 aliphatic heterocycles. The minimum absolute atomic E-state index is 0.557. The largest absolute Gasteiger partial charge is 0.495 e. The Kier molecular flexibility index (Phi) is 3.03. The second-order valence-electron chi connectivity index (χ2n) is 3.37. The minimum Gasteiger partial charge on any atom is -0.495 e. The van der Waals surface area contributed by atoms with Gasteiger partial charge in [0, 0.05) is 10.9 Å². The van der Waals surface area contributed by atoms with Crippen LogP contribution < -0.4 is 10.5 Å². The molecule has 0 atom stereocenters. The van der Waals surface area contributed by atoms with Gasteiger partial charge in [0.25, 0.3) is 0 Å². The Bertz CT molecular complexity index is 525. The first-order valence-electron chi connectivity index (χ1n) is 4.67. The number of aryl methyl sites for hydroxylation is 1. The van der Waals surface area contributed by atoms with Crippen LogP contribution in [0.25, 0.3) is 11.3 Å². The summed E-state index contributed by atoms with van der Waals surface area (Å²) in [6, 6.07) is 3.75.